The van der Waals surface area contributed by atoms with Gasteiger partial charge in [-0.3, -0.25) is 9.59 Å². The van der Waals surface area contributed by atoms with Crippen LogP contribution in [-0.2, 0) is 14.3 Å². The molecule has 1 aromatic heterocycles. The molecular formula is C25H31NO7. The Morgan fingerprint density at radius 3 is 2.45 bits per heavy atom. The van der Waals surface area contributed by atoms with Gasteiger partial charge in [0.05, 0.1) is 37.1 Å². The summed E-state index contributed by atoms with van der Waals surface area (Å²) in [7, 11) is 0. The number of aliphatic hydroxyl groups excluding tert-OH is 1. The first-order chi connectivity index (χ1) is 15.8. The van der Waals surface area contributed by atoms with Gasteiger partial charge in [-0.15, -0.1) is 0 Å². The molecule has 0 spiro atoms. The molecule has 2 aromatic rings. The Balaban J connectivity index is 2.11. The Hall–Kier alpha value is -3.26. The highest BCUT2D eigenvalue weighted by atomic mass is 16.5. The summed E-state index contributed by atoms with van der Waals surface area (Å²) in [4.78, 5) is 27.4. The van der Waals surface area contributed by atoms with E-state index in [4.69, 9.17) is 18.6 Å². The molecule has 0 saturated carbocycles. The smallest absolute Gasteiger partial charge is 0.295 e. The molecule has 2 heterocycles. The van der Waals surface area contributed by atoms with Crippen LogP contribution in [0.15, 0.2) is 40.3 Å². The number of ether oxygens (including phenoxy) is 3. The molecule has 1 aromatic carbocycles. The van der Waals surface area contributed by atoms with Gasteiger partial charge >= 0.3 is 0 Å². The van der Waals surface area contributed by atoms with Crippen molar-refractivity contribution < 1.29 is 33.3 Å². The normalized spacial score (nSPS) is 17.8. The lowest BCUT2D eigenvalue weighted by molar-refractivity contribution is -0.140. The lowest BCUT2D eigenvalue weighted by atomic mass is 9.98. The lowest BCUT2D eigenvalue weighted by Crippen LogP contribution is -2.33. The first kappa shape index (κ1) is 24.4. The van der Waals surface area contributed by atoms with Gasteiger partial charge in [-0.05, 0) is 58.9 Å². The Bertz CT molecular complexity index is 1040. The third-order valence-electron chi connectivity index (χ3n) is 5.17. The minimum atomic E-state index is -0.879. The van der Waals surface area contributed by atoms with E-state index in [-0.39, 0.29) is 30.6 Å². The predicted octanol–water partition coefficient (Wildman–Crippen LogP) is 4.23. The second kappa shape index (κ2) is 10.6. The Morgan fingerprint density at radius 1 is 1.12 bits per heavy atom. The van der Waals surface area contributed by atoms with E-state index in [0.717, 1.165) is 0 Å². The number of hydrogen-bond donors (Lipinski definition) is 1. The van der Waals surface area contributed by atoms with Gasteiger partial charge in [-0.25, -0.2) is 0 Å². The van der Waals surface area contributed by atoms with Crippen LogP contribution in [0, 0.1) is 6.92 Å². The van der Waals surface area contributed by atoms with Crippen molar-refractivity contribution >= 4 is 17.4 Å². The summed E-state index contributed by atoms with van der Waals surface area (Å²) >= 11 is 0. The first-order valence-corrected chi connectivity index (χ1v) is 11.1. The molecule has 8 nitrogen and oxygen atoms in total. The van der Waals surface area contributed by atoms with Crippen molar-refractivity contribution in [3.05, 3.63) is 53.0 Å². The van der Waals surface area contributed by atoms with E-state index in [1.54, 1.807) is 37.3 Å². The Labute approximate surface area is 193 Å². The van der Waals surface area contributed by atoms with Crippen molar-refractivity contribution in [3.8, 4) is 11.5 Å². The number of likely N-dealkylation sites (tertiary alicyclic amines) is 1. The molecule has 0 radical (unpaired) electrons. The number of aliphatic hydroxyl groups is 1. The number of hydrogen-bond acceptors (Lipinski definition) is 7. The maximum Gasteiger partial charge on any atom is 0.295 e. The van der Waals surface area contributed by atoms with E-state index in [0.29, 0.717) is 41.8 Å². The van der Waals surface area contributed by atoms with Crippen LogP contribution in [-0.4, -0.2) is 54.2 Å². The number of ketones is 1. The summed E-state index contributed by atoms with van der Waals surface area (Å²) in [5, 5.41) is 11.3. The molecule has 0 aliphatic carbocycles. The molecule has 1 saturated heterocycles. The molecule has 1 N–H and O–H groups in total. The van der Waals surface area contributed by atoms with E-state index in [2.05, 4.69) is 0 Å². The minimum absolute atomic E-state index is 0.0243. The Kier molecular flexibility index (Phi) is 7.81. The van der Waals surface area contributed by atoms with Crippen LogP contribution >= 0.6 is 0 Å². The molecule has 178 valence electrons. The summed E-state index contributed by atoms with van der Waals surface area (Å²) in [5.41, 5.74) is 0.244. The fraction of sp³-hybridized carbons (Fsp3) is 0.440. The maximum absolute atomic E-state index is 13.1. The van der Waals surface area contributed by atoms with Gasteiger partial charge in [0.15, 0.2) is 0 Å². The van der Waals surface area contributed by atoms with Crippen molar-refractivity contribution in [2.24, 2.45) is 0 Å². The molecule has 1 fully saturated rings. The number of aryl methyl sites for hydroxylation is 1. The molecule has 1 aliphatic rings. The number of Topliss-reactive ketones (excluding diaryl/α,β-unsaturated/α-hetero) is 1. The first-order valence-electron chi connectivity index (χ1n) is 11.1. The molecule has 1 atom stereocenters. The third-order valence-corrected chi connectivity index (χ3v) is 5.17. The van der Waals surface area contributed by atoms with Gasteiger partial charge in [-0.1, -0.05) is 0 Å². The second-order valence-corrected chi connectivity index (χ2v) is 7.88. The van der Waals surface area contributed by atoms with Gasteiger partial charge < -0.3 is 28.6 Å². The fourth-order valence-electron chi connectivity index (χ4n) is 3.77. The number of furan rings is 1. The van der Waals surface area contributed by atoms with Crippen molar-refractivity contribution in [2.75, 3.05) is 26.4 Å². The summed E-state index contributed by atoms with van der Waals surface area (Å²) < 4.78 is 22.6. The largest absolute Gasteiger partial charge is 0.507 e. The van der Waals surface area contributed by atoms with Crippen molar-refractivity contribution in [1.82, 2.24) is 4.90 Å². The van der Waals surface area contributed by atoms with Crippen LogP contribution in [0.4, 0.5) is 0 Å². The number of carbonyl (C=O) groups is 2. The molecule has 3 rings (SSSR count). The molecular weight excluding hydrogens is 426 g/mol. The quantitative estimate of drug-likeness (QED) is 0.324. The zero-order chi connectivity index (χ0) is 24.1. The Morgan fingerprint density at radius 2 is 1.85 bits per heavy atom. The van der Waals surface area contributed by atoms with Crippen LogP contribution in [0.2, 0.25) is 0 Å². The van der Waals surface area contributed by atoms with Crippen molar-refractivity contribution in [2.45, 2.75) is 46.8 Å². The minimum Gasteiger partial charge on any atom is -0.507 e. The number of benzene rings is 1. The lowest BCUT2D eigenvalue weighted by Gasteiger charge is -2.24. The van der Waals surface area contributed by atoms with Crippen molar-refractivity contribution in [1.29, 1.82) is 0 Å². The molecule has 33 heavy (non-hydrogen) atoms. The van der Waals surface area contributed by atoms with E-state index in [1.165, 1.54) is 4.90 Å². The standard InChI is InChI=1S/C25H31NO7/c1-6-30-17-9-10-18(20(14-17)31-7-2)23(27)21-22(19-11-8-16(5)33-19)26(25(29)24(21)28)12-13-32-15(3)4/h8-11,14-15,22,27H,6-7,12-13H2,1-5H3/b23-21-. The van der Waals surface area contributed by atoms with E-state index < -0.39 is 17.7 Å². The molecule has 1 amide bonds. The SMILES string of the molecule is CCOc1ccc(/C(O)=C2/C(=O)C(=O)N(CCOC(C)C)C2c2ccc(C)o2)c(OCC)c1. The van der Waals surface area contributed by atoms with E-state index in [9.17, 15) is 14.7 Å². The van der Waals surface area contributed by atoms with Gasteiger partial charge in [0, 0.05) is 12.6 Å². The number of amides is 1. The monoisotopic (exact) mass is 457 g/mol. The summed E-state index contributed by atoms with van der Waals surface area (Å²) in [6.07, 6.45) is -0.0243. The zero-order valence-electron chi connectivity index (χ0n) is 19.7. The highest BCUT2D eigenvalue weighted by Crippen LogP contribution is 2.42. The van der Waals surface area contributed by atoms with Crippen LogP contribution < -0.4 is 9.47 Å². The highest BCUT2D eigenvalue weighted by molar-refractivity contribution is 6.46. The van der Waals surface area contributed by atoms with Crippen LogP contribution in [0.3, 0.4) is 0 Å². The number of carbonyl (C=O) groups excluding carboxylic acids is 2. The summed E-state index contributed by atoms with van der Waals surface area (Å²) in [6, 6.07) is 7.53. The second-order valence-electron chi connectivity index (χ2n) is 7.88. The molecule has 0 bridgehead atoms. The van der Waals surface area contributed by atoms with Crippen molar-refractivity contribution in [3.63, 3.8) is 0 Å². The predicted molar refractivity (Wildman–Crippen MR) is 122 cm³/mol. The van der Waals surface area contributed by atoms with E-state index in [1.807, 2.05) is 27.7 Å². The zero-order valence-corrected chi connectivity index (χ0v) is 19.7. The number of nitrogens with zero attached hydrogens (tertiary/aromatic N) is 1. The number of rotatable bonds is 10. The molecule has 1 unspecified atom stereocenters. The average molecular weight is 458 g/mol. The maximum atomic E-state index is 13.1. The van der Waals surface area contributed by atoms with Gasteiger partial charge in [0.25, 0.3) is 11.7 Å². The average Bonchev–Trinajstić information content (AvgIpc) is 3.30. The van der Waals surface area contributed by atoms with Crippen LogP contribution in [0.1, 0.15) is 50.8 Å². The molecule has 8 heteroatoms. The van der Waals surface area contributed by atoms with Gasteiger partial charge in [0.2, 0.25) is 0 Å². The summed E-state index contributed by atoms with van der Waals surface area (Å²) in [5.74, 6) is 0.115. The van der Waals surface area contributed by atoms with Crippen LogP contribution in [0.25, 0.3) is 5.76 Å². The van der Waals surface area contributed by atoms with Gasteiger partial charge in [0.1, 0.15) is 34.8 Å². The summed E-state index contributed by atoms with van der Waals surface area (Å²) in [6.45, 7) is 10.5. The van der Waals surface area contributed by atoms with Gasteiger partial charge in [-0.2, -0.15) is 0 Å². The van der Waals surface area contributed by atoms with E-state index >= 15 is 0 Å². The fourth-order valence-corrected chi connectivity index (χ4v) is 3.77. The van der Waals surface area contributed by atoms with Crippen LogP contribution in [0.5, 0.6) is 11.5 Å². The third kappa shape index (κ3) is 5.22. The highest BCUT2D eigenvalue weighted by Gasteiger charge is 2.47. The topological polar surface area (TPSA) is 98.4 Å². The molecule has 1 aliphatic heterocycles.